The van der Waals surface area contributed by atoms with Crippen molar-refractivity contribution in [1.29, 1.82) is 0 Å². The molecule has 2 unspecified atom stereocenters. The molecular formula is C11H18N2O4S. The minimum absolute atomic E-state index is 0.169. The van der Waals surface area contributed by atoms with Crippen LogP contribution in [0.1, 0.15) is 26.2 Å². The monoisotopic (exact) mass is 274 g/mol. The van der Waals surface area contributed by atoms with Crippen LogP contribution in [0.4, 0.5) is 0 Å². The van der Waals surface area contributed by atoms with Gasteiger partial charge in [-0.15, -0.1) is 12.3 Å². The molecule has 1 rings (SSSR count). The summed E-state index contributed by atoms with van der Waals surface area (Å²) >= 11 is 0. The van der Waals surface area contributed by atoms with Crippen molar-refractivity contribution in [2.24, 2.45) is 5.92 Å². The van der Waals surface area contributed by atoms with Crippen molar-refractivity contribution in [3.05, 3.63) is 0 Å². The molecule has 0 spiro atoms. The fourth-order valence-electron chi connectivity index (χ4n) is 1.92. The van der Waals surface area contributed by atoms with Gasteiger partial charge in [0.25, 0.3) is 10.2 Å². The molecule has 102 valence electrons. The van der Waals surface area contributed by atoms with Gasteiger partial charge in [-0.25, -0.2) is 0 Å². The molecular weight excluding hydrogens is 256 g/mol. The predicted octanol–water partition coefficient (Wildman–Crippen LogP) is 0.0292. The van der Waals surface area contributed by atoms with Crippen molar-refractivity contribution >= 4 is 16.2 Å². The number of terminal acetylenes is 1. The third-order valence-electron chi connectivity index (χ3n) is 2.87. The quantitative estimate of drug-likeness (QED) is 0.692. The van der Waals surface area contributed by atoms with Crippen molar-refractivity contribution in [2.75, 3.05) is 13.1 Å². The Morgan fingerprint density at radius 2 is 2.33 bits per heavy atom. The minimum Gasteiger partial charge on any atom is -0.480 e. The van der Waals surface area contributed by atoms with Crippen molar-refractivity contribution in [1.82, 2.24) is 9.03 Å². The number of rotatable bonds is 5. The van der Waals surface area contributed by atoms with E-state index in [0.29, 0.717) is 13.1 Å². The Labute approximate surface area is 108 Å². The van der Waals surface area contributed by atoms with Crippen molar-refractivity contribution in [3.8, 4) is 12.3 Å². The maximum Gasteiger partial charge on any atom is 0.322 e. The third kappa shape index (κ3) is 3.98. The van der Waals surface area contributed by atoms with Gasteiger partial charge in [0.05, 0.1) is 0 Å². The molecule has 0 aromatic heterocycles. The molecule has 1 fully saturated rings. The summed E-state index contributed by atoms with van der Waals surface area (Å²) in [6, 6.07) is -1.27. The highest BCUT2D eigenvalue weighted by atomic mass is 32.2. The minimum atomic E-state index is -3.78. The molecule has 1 heterocycles. The summed E-state index contributed by atoms with van der Waals surface area (Å²) in [5.74, 6) is 1.18. The van der Waals surface area contributed by atoms with Crippen LogP contribution in [-0.4, -0.2) is 42.9 Å². The lowest BCUT2D eigenvalue weighted by Crippen LogP contribution is -2.50. The third-order valence-corrected chi connectivity index (χ3v) is 4.46. The molecule has 0 aliphatic carbocycles. The molecule has 1 aliphatic rings. The molecule has 2 N–H and O–H groups in total. The second-order valence-corrected chi connectivity index (χ2v) is 6.23. The van der Waals surface area contributed by atoms with E-state index in [1.54, 1.807) is 0 Å². The zero-order chi connectivity index (χ0) is 13.8. The second kappa shape index (κ2) is 6.18. The van der Waals surface area contributed by atoms with Gasteiger partial charge in [0.1, 0.15) is 6.04 Å². The highest BCUT2D eigenvalue weighted by Crippen LogP contribution is 2.18. The van der Waals surface area contributed by atoms with Gasteiger partial charge < -0.3 is 5.11 Å². The number of carbonyl (C=O) groups is 1. The van der Waals surface area contributed by atoms with Crippen LogP contribution in [0.5, 0.6) is 0 Å². The smallest absolute Gasteiger partial charge is 0.322 e. The van der Waals surface area contributed by atoms with E-state index in [1.807, 2.05) is 6.92 Å². The highest BCUT2D eigenvalue weighted by molar-refractivity contribution is 7.87. The highest BCUT2D eigenvalue weighted by Gasteiger charge is 2.31. The molecule has 18 heavy (non-hydrogen) atoms. The molecule has 0 bridgehead atoms. The van der Waals surface area contributed by atoms with Gasteiger partial charge in [-0.2, -0.15) is 17.4 Å². The number of carboxylic acids is 1. The van der Waals surface area contributed by atoms with Crippen LogP contribution in [0.15, 0.2) is 0 Å². The van der Waals surface area contributed by atoms with Gasteiger partial charge in [0.15, 0.2) is 0 Å². The topological polar surface area (TPSA) is 86.7 Å². The van der Waals surface area contributed by atoms with Crippen LogP contribution in [0.2, 0.25) is 0 Å². The lowest BCUT2D eigenvalue weighted by atomic mass is 10.0. The van der Waals surface area contributed by atoms with Crippen LogP contribution in [0, 0.1) is 18.3 Å². The number of piperidine rings is 1. The first-order chi connectivity index (χ1) is 8.36. The molecule has 0 aromatic carbocycles. The average molecular weight is 274 g/mol. The average Bonchev–Trinajstić information content (AvgIpc) is 2.28. The first kappa shape index (κ1) is 15.0. The molecule has 7 heteroatoms. The maximum absolute atomic E-state index is 12.0. The summed E-state index contributed by atoms with van der Waals surface area (Å²) in [6.45, 7) is 2.80. The van der Waals surface area contributed by atoms with Crippen LogP contribution >= 0.6 is 0 Å². The summed E-state index contributed by atoms with van der Waals surface area (Å²) in [5.41, 5.74) is 0. The molecule has 0 radical (unpaired) electrons. The van der Waals surface area contributed by atoms with Crippen LogP contribution in [-0.2, 0) is 15.0 Å². The van der Waals surface area contributed by atoms with E-state index in [1.165, 1.54) is 4.31 Å². The number of hydrogen-bond donors (Lipinski definition) is 2. The molecule has 0 aromatic rings. The van der Waals surface area contributed by atoms with E-state index in [-0.39, 0.29) is 12.3 Å². The number of nitrogens with zero attached hydrogens (tertiary/aromatic N) is 1. The number of aliphatic carboxylic acids is 1. The normalized spacial score (nSPS) is 23.2. The van der Waals surface area contributed by atoms with Crippen molar-refractivity contribution in [2.45, 2.75) is 32.2 Å². The maximum atomic E-state index is 12.0. The summed E-state index contributed by atoms with van der Waals surface area (Å²) in [6.07, 6.45) is 6.63. The summed E-state index contributed by atoms with van der Waals surface area (Å²) in [5, 5.41) is 8.88. The Hall–Kier alpha value is -1.10. The summed E-state index contributed by atoms with van der Waals surface area (Å²) < 4.78 is 27.4. The van der Waals surface area contributed by atoms with Gasteiger partial charge in [-0.3, -0.25) is 4.79 Å². The lowest BCUT2D eigenvalue weighted by molar-refractivity contribution is -0.138. The molecule has 2 atom stereocenters. The van der Waals surface area contributed by atoms with E-state index in [4.69, 9.17) is 11.5 Å². The fraction of sp³-hybridized carbons (Fsp3) is 0.727. The first-order valence-corrected chi connectivity index (χ1v) is 7.24. The Bertz CT molecular complexity index is 440. The van der Waals surface area contributed by atoms with Crippen LogP contribution in [0.3, 0.4) is 0 Å². The van der Waals surface area contributed by atoms with Gasteiger partial charge in [0, 0.05) is 19.5 Å². The van der Waals surface area contributed by atoms with Crippen LogP contribution < -0.4 is 4.72 Å². The van der Waals surface area contributed by atoms with Crippen LogP contribution in [0.25, 0.3) is 0 Å². The van der Waals surface area contributed by atoms with Gasteiger partial charge in [0.2, 0.25) is 0 Å². The number of nitrogens with one attached hydrogen (secondary N) is 1. The summed E-state index contributed by atoms with van der Waals surface area (Å²) in [7, 11) is -3.78. The molecule has 0 saturated carbocycles. The zero-order valence-corrected chi connectivity index (χ0v) is 11.1. The number of carboxylic acid groups (broad SMARTS) is 1. The molecule has 6 nitrogen and oxygen atoms in total. The Morgan fingerprint density at radius 3 is 2.83 bits per heavy atom. The predicted molar refractivity (Wildman–Crippen MR) is 66.9 cm³/mol. The van der Waals surface area contributed by atoms with Crippen molar-refractivity contribution in [3.63, 3.8) is 0 Å². The Kier molecular flexibility index (Phi) is 5.14. The SMILES string of the molecule is C#CCC(NS(=O)(=O)N1CCCC(C)C1)C(=O)O. The molecule has 1 aliphatic heterocycles. The summed E-state index contributed by atoms with van der Waals surface area (Å²) in [4.78, 5) is 10.9. The molecule has 0 amide bonds. The van der Waals surface area contributed by atoms with E-state index in [2.05, 4.69) is 10.6 Å². The van der Waals surface area contributed by atoms with E-state index < -0.39 is 22.2 Å². The fourth-order valence-corrected chi connectivity index (χ4v) is 3.43. The van der Waals surface area contributed by atoms with E-state index in [9.17, 15) is 13.2 Å². The standard InChI is InChI=1S/C11H18N2O4S/c1-3-5-10(11(14)15)12-18(16,17)13-7-4-6-9(2)8-13/h1,9-10,12H,4-8H2,2H3,(H,14,15). The van der Waals surface area contributed by atoms with E-state index >= 15 is 0 Å². The first-order valence-electron chi connectivity index (χ1n) is 5.80. The largest absolute Gasteiger partial charge is 0.480 e. The lowest BCUT2D eigenvalue weighted by Gasteiger charge is -2.30. The van der Waals surface area contributed by atoms with Crippen molar-refractivity contribution < 1.29 is 18.3 Å². The Morgan fingerprint density at radius 1 is 1.67 bits per heavy atom. The van der Waals surface area contributed by atoms with Gasteiger partial charge in [-0.05, 0) is 18.8 Å². The van der Waals surface area contributed by atoms with Gasteiger partial charge in [-0.1, -0.05) is 6.92 Å². The second-order valence-electron chi connectivity index (χ2n) is 4.53. The Balaban J connectivity index is 2.74. The van der Waals surface area contributed by atoms with Gasteiger partial charge >= 0.3 is 5.97 Å². The number of hydrogen-bond acceptors (Lipinski definition) is 3. The molecule has 1 saturated heterocycles. The van der Waals surface area contributed by atoms with E-state index in [0.717, 1.165) is 12.8 Å². The zero-order valence-electron chi connectivity index (χ0n) is 10.3.